The molecule has 0 spiro atoms. The van der Waals surface area contributed by atoms with Crippen LogP contribution in [0.25, 0.3) is 11.3 Å². The van der Waals surface area contributed by atoms with Crippen molar-refractivity contribution in [1.29, 1.82) is 0 Å². The van der Waals surface area contributed by atoms with E-state index in [2.05, 4.69) is 20.6 Å². The van der Waals surface area contributed by atoms with Gasteiger partial charge in [0.15, 0.2) is 0 Å². The van der Waals surface area contributed by atoms with Gasteiger partial charge in [-0.15, -0.1) is 0 Å². The number of anilines is 1. The van der Waals surface area contributed by atoms with Crippen molar-refractivity contribution in [2.45, 2.75) is 39.4 Å². The molecule has 3 aromatic rings. The van der Waals surface area contributed by atoms with Crippen molar-refractivity contribution in [3.63, 3.8) is 0 Å². The summed E-state index contributed by atoms with van der Waals surface area (Å²) in [5.41, 5.74) is 3.98. The highest BCUT2D eigenvalue weighted by molar-refractivity contribution is 6.33. The summed E-state index contributed by atoms with van der Waals surface area (Å²) in [5.74, 6) is -0.873. The number of aliphatic hydroxyl groups is 1. The molecule has 0 bridgehead atoms. The van der Waals surface area contributed by atoms with Crippen LogP contribution in [-0.4, -0.2) is 50.3 Å². The topological polar surface area (TPSA) is 125 Å². The molecular weight excluding hydrogens is 482 g/mol. The van der Waals surface area contributed by atoms with Crippen molar-refractivity contribution in [3.8, 4) is 11.3 Å². The highest BCUT2D eigenvalue weighted by Crippen LogP contribution is 2.32. The zero-order valence-corrected chi connectivity index (χ0v) is 20.8. The first kappa shape index (κ1) is 25.3. The number of aliphatic hydroxyl groups excluding tert-OH is 1. The normalized spacial score (nSPS) is 14.2. The van der Waals surface area contributed by atoms with Crippen LogP contribution in [-0.2, 0) is 16.1 Å². The molecule has 0 radical (unpaired) electrons. The maximum Gasteiger partial charge on any atom is 0.255 e. The third kappa shape index (κ3) is 5.22. The Morgan fingerprint density at radius 2 is 2.00 bits per heavy atom. The molecule has 0 saturated carbocycles. The minimum atomic E-state index is -0.763. The third-order valence-corrected chi connectivity index (χ3v) is 6.31. The van der Waals surface area contributed by atoms with E-state index in [1.54, 1.807) is 25.1 Å². The van der Waals surface area contributed by atoms with Gasteiger partial charge in [0.1, 0.15) is 6.04 Å². The second kappa shape index (κ2) is 10.4. The van der Waals surface area contributed by atoms with Crippen molar-refractivity contribution >= 4 is 35.3 Å². The van der Waals surface area contributed by atoms with Gasteiger partial charge in [-0.3, -0.25) is 19.7 Å². The Balaban J connectivity index is 1.53. The van der Waals surface area contributed by atoms with Crippen molar-refractivity contribution < 1.29 is 19.5 Å². The average Bonchev–Trinajstić information content (AvgIpc) is 3.18. The van der Waals surface area contributed by atoms with Gasteiger partial charge in [-0.25, -0.2) is 9.97 Å². The number of hydrogen-bond acceptors (Lipinski definition) is 6. The molecule has 186 valence electrons. The zero-order chi connectivity index (χ0) is 26.0. The first-order valence-electron chi connectivity index (χ1n) is 11.4. The second-order valence-electron chi connectivity index (χ2n) is 8.71. The highest BCUT2D eigenvalue weighted by Gasteiger charge is 2.35. The quantitative estimate of drug-likeness (QED) is 0.451. The number of hydrogen-bond donors (Lipinski definition) is 3. The Morgan fingerprint density at radius 3 is 2.69 bits per heavy atom. The van der Waals surface area contributed by atoms with Gasteiger partial charge >= 0.3 is 0 Å². The van der Waals surface area contributed by atoms with Gasteiger partial charge in [-0.05, 0) is 31.0 Å². The number of amides is 3. The maximum absolute atomic E-state index is 13.3. The number of carbonyl (C=O) groups excluding carboxylic acids is 3. The molecule has 0 saturated heterocycles. The fourth-order valence-corrected chi connectivity index (χ4v) is 4.33. The lowest BCUT2D eigenvalue weighted by Crippen LogP contribution is -2.46. The lowest BCUT2D eigenvalue weighted by molar-refractivity contribution is -0.126. The molecule has 0 fully saturated rings. The van der Waals surface area contributed by atoms with Crippen LogP contribution >= 0.6 is 11.6 Å². The van der Waals surface area contributed by atoms with Crippen molar-refractivity contribution in [2.75, 3.05) is 11.9 Å². The fraction of sp³-hybridized carbons (Fsp3) is 0.269. The van der Waals surface area contributed by atoms with Crippen molar-refractivity contribution in [1.82, 2.24) is 20.2 Å². The molecule has 3 amide bonds. The summed E-state index contributed by atoms with van der Waals surface area (Å²) < 4.78 is 0. The summed E-state index contributed by atoms with van der Waals surface area (Å²) in [4.78, 5) is 47.4. The van der Waals surface area contributed by atoms with Crippen LogP contribution in [0, 0.1) is 6.92 Å². The molecule has 2 atom stereocenters. The van der Waals surface area contributed by atoms with Crippen LogP contribution in [0.4, 0.5) is 5.95 Å². The van der Waals surface area contributed by atoms with Crippen molar-refractivity contribution in [2.24, 2.45) is 0 Å². The Kier molecular flexibility index (Phi) is 7.32. The average molecular weight is 508 g/mol. The Labute approximate surface area is 213 Å². The molecule has 1 aliphatic rings. The van der Waals surface area contributed by atoms with E-state index in [9.17, 15) is 19.5 Å². The Morgan fingerprint density at radius 1 is 1.22 bits per heavy atom. The number of halogens is 1. The van der Waals surface area contributed by atoms with Crippen LogP contribution in [0.15, 0.2) is 48.7 Å². The third-order valence-electron chi connectivity index (χ3n) is 6.04. The molecule has 2 aromatic carbocycles. The summed E-state index contributed by atoms with van der Waals surface area (Å²) in [6, 6.07) is 11.5. The van der Waals surface area contributed by atoms with Gasteiger partial charge in [0.2, 0.25) is 17.8 Å². The van der Waals surface area contributed by atoms with E-state index < -0.39 is 12.1 Å². The molecule has 1 aromatic heterocycles. The van der Waals surface area contributed by atoms with E-state index in [-0.39, 0.29) is 41.8 Å². The molecule has 1 aliphatic heterocycles. The molecule has 2 heterocycles. The Bertz CT molecular complexity index is 1350. The number of nitrogens with zero attached hydrogens (tertiary/aromatic N) is 3. The summed E-state index contributed by atoms with van der Waals surface area (Å²) >= 11 is 6.29. The lowest BCUT2D eigenvalue weighted by atomic mass is 10.0. The predicted octanol–water partition coefficient (Wildman–Crippen LogP) is 3.26. The summed E-state index contributed by atoms with van der Waals surface area (Å²) in [6.45, 7) is 4.95. The number of carbonyl (C=O) groups is 3. The van der Waals surface area contributed by atoms with E-state index in [0.29, 0.717) is 16.8 Å². The van der Waals surface area contributed by atoms with E-state index >= 15 is 0 Å². The van der Waals surface area contributed by atoms with Crippen LogP contribution in [0.1, 0.15) is 46.9 Å². The van der Waals surface area contributed by atoms with Gasteiger partial charge in [0.05, 0.1) is 29.6 Å². The molecule has 3 N–H and O–H groups in total. The predicted molar refractivity (Wildman–Crippen MR) is 135 cm³/mol. The first-order chi connectivity index (χ1) is 17.2. The Hall–Kier alpha value is -3.82. The summed E-state index contributed by atoms with van der Waals surface area (Å²) in [5, 5.41) is 15.5. The number of benzene rings is 2. The fourth-order valence-electron chi connectivity index (χ4n) is 4.13. The number of fused-ring (bicyclic) bond motifs is 1. The number of rotatable bonds is 7. The number of nitrogens with one attached hydrogen (secondary N) is 2. The molecule has 9 nitrogen and oxygen atoms in total. The molecule has 10 heteroatoms. The highest BCUT2D eigenvalue weighted by atomic mass is 35.5. The van der Waals surface area contributed by atoms with E-state index in [1.165, 1.54) is 18.0 Å². The SMILES string of the molecule is CC(=O)Nc1ncc(Cl)c(-c2ccc3c(c2)C(=O)N(C(C)C(=O)NC(CO)c2cccc(C)c2)C3)n1. The van der Waals surface area contributed by atoms with Gasteiger partial charge in [-0.1, -0.05) is 53.6 Å². The number of aryl methyl sites for hydroxylation is 1. The van der Waals surface area contributed by atoms with Gasteiger partial charge in [0, 0.05) is 24.6 Å². The summed E-state index contributed by atoms with van der Waals surface area (Å²) in [7, 11) is 0. The van der Waals surface area contributed by atoms with E-state index in [1.807, 2.05) is 31.2 Å². The monoisotopic (exact) mass is 507 g/mol. The zero-order valence-electron chi connectivity index (χ0n) is 20.1. The van der Waals surface area contributed by atoms with Crippen molar-refractivity contribution in [3.05, 3.63) is 75.9 Å². The lowest BCUT2D eigenvalue weighted by Gasteiger charge is -2.26. The van der Waals surface area contributed by atoms with Crippen LogP contribution in [0.5, 0.6) is 0 Å². The summed E-state index contributed by atoms with van der Waals surface area (Å²) in [6.07, 6.45) is 1.38. The van der Waals surface area contributed by atoms with Gasteiger partial charge < -0.3 is 15.3 Å². The minimum absolute atomic E-state index is 0.104. The number of aromatic nitrogens is 2. The van der Waals surface area contributed by atoms with Gasteiger partial charge in [-0.2, -0.15) is 0 Å². The molecule has 36 heavy (non-hydrogen) atoms. The molecule has 4 rings (SSSR count). The molecule has 0 aliphatic carbocycles. The maximum atomic E-state index is 13.3. The van der Waals surface area contributed by atoms with Crippen LogP contribution in [0.3, 0.4) is 0 Å². The van der Waals surface area contributed by atoms with E-state index in [0.717, 1.165) is 16.7 Å². The minimum Gasteiger partial charge on any atom is -0.394 e. The first-order valence-corrected chi connectivity index (χ1v) is 11.8. The largest absolute Gasteiger partial charge is 0.394 e. The standard InChI is InChI=1S/C26H26ClN5O4/c1-14-5-4-6-17(9-14)22(13-33)30-24(35)15(2)32-12-19-8-7-18(10-20(19)25(32)36)23-21(27)11-28-26(31-23)29-16(3)34/h4-11,15,22,33H,12-13H2,1-3H3,(H,30,35)(H,28,29,31,34). The molecular formula is C26H26ClN5O4. The second-order valence-corrected chi connectivity index (χ2v) is 9.12. The smallest absolute Gasteiger partial charge is 0.255 e. The van der Waals surface area contributed by atoms with E-state index in [4.69, 9.17) is 11.6 Å². The van der Waals surface area contributed by atoms with Crippen LogP contribution in [0.2, 0.25) is 5.02 Å². The van der Waals surface area contributed by atoms with Crippen LogP contribution < -0.4 is 10.6 Å². The van der Waals surface area contributed by atoms with Gasteiger partial charge in [0.25, 0.3) is 5.91 Å². The molecule has 2 unspecified atom stereocenters.